The fourth-order valence-electron chi connectivity index (χ4n) is 4.59. The summed E-state index contributed by atoms with van der Waals surface area (Å²) in [5.41, 5.74) is 1.12. The predicted octanol–water partition coefficient (Wildman–Crippen LogP) is 0.638. The Morgan fingerprint density at radius 1 is 1.39 bits per heavy atom. The Morgan fingerprint density at radius 2 is 2.21 bits per heavy atom. The van der Waals surface area contributed by atoms with Gasteiger partial charge in [0.1, 0.15) is 5.75 Å². The van der Waals surface area contributed by atoms with Crippen molar-refractivity contribution in [3.63, 3.8) is 0 Å². The third kappa shape index (κ3) is 3.56. The molecule has 0 amide bonds. The van der Waals surface area contributed by atoms with E-state index in [2.05, 4.69) is 16.5 Å². The molecule has 0 spiro atoms. The Hall–Kier alpha value is -1.90. The maximum atomic E-state index is 11.3. The number of methoxy groups -OCH3 is 1. The molecule has 2 unspecified atom stereocenters. The van der Waals surface area contributed by atoms with Crippen LogP contribution in [0, 0.1) is 22.6 Å². The number of benzene rings is 1. The molecule has 0 saturated carbocycles. The first kappa shape index (κ1) is 19.4. The molecule has 4 heterocycles. The van der Waals surface area contributed by atoms with Crippen LogP contribution in [-0.4, -0.2) is 41.2 Å². The summed E-state index contributed by atoms with van der Waals surface area (Å²) < 4.78 is 32.0. The fraction of sp³-hybridized carbons (Fsp3) is 0.450. The van der Waals surface area contributed by atoms with Crippen molar-refractivity contribution in [2.45, 2.75) is 25.0 Å². The van der Waals surface area contributed by atoms with Gasteiger partial charge >= 0.3 is 16.7 Å². The van der Waals surface area contributed by atoms with Gasteiger partial charge in [0.2, 0.25) is 0 Å². The fourth-order valence-corrected chi connectivity index (χ4v) is 4.80. The molecular weight excluding hydrogens is 384 g/mol. The summed E-state index contributed by atoms with van der Waals surface area (Å²) in [6.07, 6.45) is 3.18. The summed E-state index contributed by atoms with van der Waals surface area (Å²) in [4.78, 5) is 6.53. The lowest BCUT2D eigenvalue weighted by Crippen LogP contribution is -2.54. The standard InChI is InChI=1S/C20H23ClN2O5/c1-3-12-11-23-7-6-13(12)8-18(23)20(24)16-10-19(28-21(25)26)22-17-5-4-14(27-2)9-15(16)17/h3-5,9-10,12-13,18,20,24H,1,6-8,11H2,2H3/t12-,13?,18-,20+/m0/s1. The summed E-state index contributed by atoms with van der Waals surface area (Å²) in [5, 5.41) is 12.0. The number of aliphatic hydroxyl groups excluding tert-OH is 1. The molecule has 0 aliphatic carbocycles. The highest BCUT2D eigenvalue weighted by Gasteiger charge is 2.42. The molecule has 3 fully saturated rings. The highest BCUT2D eigenvalue weighted by molar-refractivity contribution is 5.84. The topological polar surface area (TPSA) is 101 Å². The van der Waals surface area contributed by atoms with Crippen molar-refractivity contribution in [1.29, 1.82) is 0 Å². The first-order chi connectivity index (χ1) is 13.5. The molecule has 1 N–H and O–H groups in total. The number of fused-ring (bicyclic) bond motifs is 4. The third-order valence-electron chi connectivity index (χ3n) is 6.00. The number of pyridine rings is 1. The van der Waals surface area contributed by atoms with Crippen molar-refractivity contribution in [1.82, 2.24) is 9.88 Å². The molecule has 5 rings (SSSR count). The maximum absolute atomic E-state index is 11.3. The third-order valence-corrected chi connectivity index (χ3v) is 6.29. The van der Waals surface area contributed by atoms with Gasteiger partial charge in [0, 0.05) is 24.0 Å². The zero-order chi connectivity index (χ0) is 19.8. The Bertz CT molecular complexity index is 877. The number of halogens is 1. The first-order valence-corrected chi connectivity index (χ1v) is 10.2. The number of aliphatic hydroxyl groups is 1. The molecule has 2 bridgehead atoms. The average Bonchev–Trinajstić information content (AvgIpc) is 2.72. The van der Waals surface area contributed by atoms with E-state index >= 15 is 0 Å². The van der Waals surface area contributed by atoms with E-state index in [-0.39, 0.29) is 11.9 Å². The predicted molar refractivity (Wildman–Crippen MR) is 95.7 cm³/mol. The Balaban J connectivity index is 1.74. The summed E-state index contributed by atoms with van der Waals surface area (Å²) in [6.45, 7) is 5.77. The molecule has 1 aromatic carbocycles. The molecule has 1 aromatic heterocycles. The highest BCUT2D eigenvalue weighted by Crippen LogP contribution is 2.42. The van der Waals surface area contributed by atoms with E-state index in [1.165, 1.54) is 6.07 Å². The van der Waals surface area contributed by atoms with E-state index in [0.717, 1.165) is 25.9 Å². The summed E-state index contributed by atoms with van der Waals surface area (Å²) in [5.74, 6) is 1.52. The van der Waals surface area contributed by atoms with Gasteiger partial charge in [-0.25, -0.2) is 4.98 Å². The highest BCUT2D eigenvalue weighted by atomic mass is 35.6. The van der Waals surface area contributed by atoms with Crippen LogP contribution in [0.5, 0.6) is 11.6 Å². The van der Waals surface area contributed by atoms with Crippen LogP contribution in [0.3, 0.4) is 0 Å². The van der Waals surface area contributed by atoms with Gasteiger partial charge in [-0.1, -0.05) is 10.4 Å². The number of hydrogen-bond donors (Lipinski definition) is 1. The molecular formula is C20H23ClN2O5. The number of ether oxygens (including phenoxy) is 1. The summed E-state index contributed by atoms with van der Waals surface area (Å²) in [6, 6.07) is 6.72. The van der Waals surface area contributed by atoms with Crippen LogP contribution in [0.4, 0.5) is 0 Å². The molecule has 28 heavy (non-hydrogen) atoms. The lowest BCUT2D eigenvalue weighted by molar-refractivity contribution is -1.62. The smallest absolute Gasteiger partial charge is 0.352 e. The van der Waals surface area contributed by atoms with Crippen LogP contribution in [0.2, 0.25) is 0 Å². The van der Waals surface area contributed by atoms with E-state index in [0.29, 0.717) is 34.1 Å². The first-order valence-electron chi connectivity index (χ1n) is 9.27. The minimum atomic E-state index is -2.39. The van der Waals surface area contributed by atoms with Gasteiger partial charge in [-0.05, 0) is 55.0 Å². The lowest BCUT2D eigenvalue weighted by atomic mass is 9.73. The number of nitrogens with zero attached hydrogens (tertiary/aromatic N) is 2. The second kappa shape index (κ2) is 7.85. The summed E-state index contributed by atoms with van der Waals surface area (Å²) in [7, 11) is -0.816. The molecule has 3 aliphatic rings. The molecule has 3 saturated heterocycles. The molecule has 3 aliphatic heterocycles. The Labute approximate surface area is 166 Å². The average molecular weight is 407 g/mol. The van der Waals surface area contributed by atoms with E-state index < -0.39 is 16.9 Å². The van der Waals surface area contributed by atoms with Crippen molar-refractivity contribution in [3.8, 4) is 11.6 Å². The number of rotatable bonds is 6. The van der Waals surface area contributed by atoms with Gasteiger partial charge in [-0.3, -0.25) is 4.90 Å². The van der Waals surface area contributed by atoms with E-state index in [1.807, 2.05) is 6.08 Å². The Kier molecular flexibility index (Phi) is 5.44. The quantitative estimate of drug-likeness (QED) is 0.702. The molecule has 7 nitrogen and oxygen atoms in total. The van der Waals surface area contributed by atoms with Gasteiger partial charge in [-0.2, -0.15) is 0 Å². The van der Waals surface area contributed by atoms with Crippen LogP contribution in [0.1, 0.15) is 24.5 Å². The lowest BCUT2D eigenvalue weighted by Gasteiger charge is -2.50. The van der Waals surface area contributed by atoms with Gasteiger partial charge in [0.05, 0.1) is 18.7 Å². The minimum absolute atomic E-state index is 0.0471. The normalized spacial score (nSPS) is 27.8. The van der Waals surface area contributed by atoms with Gasteiger partial charge in [0.25, 0.3) is 0 Å². The zero-order valence-electron chi connectivity index (χ0n) is 15.6. The van der Waals surface area contributed by atoms with Gasteiger partial charge in [0.15, 0.2) is 0 Å². The Morgan fingerprint density at radius 3 is 2.86 bits per heavy atom. The number of hydrogen-bond acceptors (Lipinski definition) is 7. The zero-order valence-corrected chi connectivity index (χ0v) is 16.3. The van der Waals surface area contributed by atoms with Crippen LogP contribution < -0.4 is 18.3 Å². The molecule has 2 aromatic rings. The van der Waals surface area contributed by atoms with Crippen LogP contribution >= 0.6 is 0 Å². The van der Waals surface area contributed by atoms with Crippen LogP contribution in [0.15, 0.2) is 36.9 Å². The maximum Gasteiger partial charge on any atom is 0.352 e. The monoisotopic (exact) mass is 406 g/mol. The number of piperidine rings is 3. The SMILES string of the molecule is C=C[C@H]1CN2CCC1C[C@H]2[C@H](O)c1cc(O[Cl+2]([O-])[O-])nc2ccc(OC)cc12. The minimum Gasteiger partial charge on any atom is -0.497 e. The molecule has 0 radical (unpaired) electrons. The van der Waals surface area contributed by atoms with Crippen LogP contribution in [0.25, 0.3) is 10.9 Å². The largest absolute Gasteiger partial charge is 0.497 e. The molecule has 5 atom stereocenters. The summed E-state index contributed by atoms with van der Waals surface area (Å²) >= 11 is 0. The second-order valence-electron chi connectivity index (χ2n) is 7.39. The van der Waals surface area contributed by atoms with Crippen molar-refractivity contribution in [2.75, 3.05) is 20.2 Å². The second-order valence-corrected chi connectivity index (χ2v) is 7.92. The van der Waals surface area contributed by atoms with Crippen LogP contribution in [-0.2, 0) is 0 Å². The van der Waals surface area contributed by atoms with E-state index in [1.54, 1.807) is 25.3 Å². The van der Waals surface area contributed by atoms with E-state index in [9.17, 15) is 14.4 Å². The molecule has 8 heteroatoms. The van der Waals surface area contributed by atoms with Crippen molar-refractivity contribution in [3.05, 3.63) is 42.5 Å². The van der Waals surface area contributed by atoms with Crippen molar-refractivity contribution in [2.24, 2.45) is 11.8 Å². The van der Waals surface area contributed by atoms with Crippen molar-refractivity contribution < 1.29 is 34.2 Å². The van der Waals surface area contributed by atoms with E-state index in [4.69, 9.17) is 9.03 Å². The van der Waals surface area contributed by atoms with Gasteiger partial charge < -0.3 is 19.2 Å². The van der Waals surface area contributed by atoms with Crippen molar-refractivity contribution >= 4 is 10.9 Å². The molecule has 150 valence electrons. The van der Waals surface area contributed by atoms with Gasteiger partial charge in [-0.15, -0.1) is 6.58 Å². The number of aromatic nitrogens is 1.